The third-order valence-electron chi connectivity index (χ3n) is 2.04. The van der Waals surface area contributed by atoms with Crippen LogP contribution in [0.2, 0.25) is 0 Å². The molecule has 0 unspecified atom stereocenters. The minimum atomic E-state index is -0.937. The Balaban J connectivity index is 2.65. The van der Waals surface area contributed by atoms with Gasteiger partial charge in [-0.1, -0.05) is 23.4 Å². The zero-order valence-electron chi connectivity index (χ0n) is 11.1. The van der Waals surface area contributed by atoms with Crippen LogP contribution in [0.25, 0.3) is 0 Å². The van der Waals surface area contributed by atoms with Gasteiger partial charge in [-0.25, -0.2) is 9.59 Å². The van der Waals surface area contributed by atoms with Gasteiger partial charge in [0.05, 0.1) is 6.61 Å². The molecule has 1 aromatic rings. The standard InChI is InChI=1S/C13H14N2O5/c1-3-19-12(17)11(9(2)16)15-20-13(18)14-10-7-5-4-6-8-10/h4-8H,3H2,1-2H3,(H,14,18). The van der Waals surface area contributed by atoms with Crippen LogP contribution in [-0.4, -0.2) is 30.2 Å². The molecule has 0 bridgehead atoms. The number of amides is 1. The lowest BCUT2D eigenvalue weighted by Gasteiger charge is -2.04. The van der Waals surface area contributed by atoms with E-state index < -0.39 is 23.6 Å². The van der Waals surface area contributed by atoms with Crippen molar-refractivity contribution in [2.24, 2.45) is 5.16 Å². The van der Waals surface area contributed by atoms with E-state index in [0.29, 0.717) is 5.69 Å². The van der Waals surface area contributed by atoms with Crippen LogP contribution in [0.3, 0.4) is 0 Å². The molecule has 0 aliphatic rings. The van der Waals surface area contributed by atoms with E-state index in [1.54, 1.807) is 37.3 Å². The first-order valence-electron chi connectivity index (χ1n) is 5.83. The molecule has 106 valence electrons. The fourth-order valence-corrected chi connectivity index (χ4v) is 1.19. The number of ether oxygens (including phenoxy) is 1. The summed E-state index contributed by atoms with van der Waals surface area (Å²) in [6.07, 6.45) is -0.917. The number of carbonyl (C=O) groups excluding carboxylic acids is 3. The van der Waals surface area contributed by atoms with E-state index in [2.05, 4.69) is 20.0 Å². The second-order valence-corrected chi connectivity index (χ2v) is 3.59. The molecule has 0 aliphatic carbocycles. The molecule has 1 rings (SSSR count). The average molecular weight is 278 g/mol. The van der Waals surface area contributed by atoms with E-state index in [1.807, 2.05) is 0 Å². The lowest BCUT2D eigenvalue weighted by atomic mass is 10.3. The molecule has 0 saturated carbocycles. The summed E-state index contributed by atoms with van der Waals surface area (Å²) >= 11 is 0. The van der Waals surface area contributed by atoms with Gasteiger partial charge in [0.25, 0.3) is 0 Å². The molecule has 0 heterocycles. The van der Waals surface area contributed by atoms with Gasteiger partial charge in [0.15, 0.2) is 5.78 Å². The predicted octanol–water partition coefficient (Wildman–Crippen LogP) is 1.74. The van der Waals surface area contributed by atoms with Gasteiger partial charge >= 0.3 is 12.1 Å². The molecular weight excluding hydrogens is 264 g/mol. The Hall–Kier alpha value is -2.70. The highest BCUT2D eigenvalue weighted by Crippen LogP contribution is 2.05. The summed E-state index contributed by atoms with van der Waals surface area (Å²) in [6, 6.07) is 8.50. The first kappa shape index (κ1) is 15.4. The first-order chi connectivity index (χ1) is 9.54. The second kappa shape index (κ2) is 7.67. The van der Waals surface area contributed by atoms with Gasteiger partial charge in [-0.05, 0) is 19.1 Å². The lowest BCUT2D eigenvalue weighted by Crippen LogP contribution is -2.25. The quantitative estimate of drug-likeness (QED) is 0.291. The molecule has 1 N–H and O–H groups in total. The molecular formula is C13H14N2O5. The number of oxime groups is 1. The molecule has 1 aromatic carbocycles. The number of para-hydroxylation sites is 1. The van der Waals surface area contributed by atoms with Gasteiger partial charge in [-0.15, -0.1) is 0 Å². The summed E-state index contributed by atoms with van der Waals surface area (Å²) in [6.45, 7) is 2.79. The van der Waals surface area contributed by atoms with Crippen LogP contribution >= 0.6 is 0 Å². The average Bonchev–Trinajstić information content (AvgIpc) is 2.40. The Kier molecular flexibility index (Phi) is 5.89. The molecule has 0 radical (unpaired) electrons. The fraction of sp³-hybridized carbons (Fsp3) is 0.231. The molecule has 0 atom stereocenters. The summed E-state index contributed by atoms with van der Waals surface area (Å²) in [4.78, 5) is 38.4. The van der Waals surface area contributed by atoms with Crippen LogP contribution in [0.4, 0.5) is 10.5 Å². The number of nitrogens with one attached hydrogen (secondary N) is 1. The lowest BCUT2D eigenvalue weighted by molar-refractivity contribution is -0.135. The van der Waals surface area contributed by atoms with Crippen LogP contribution in [-0.2, 0) is 19.2 Å². The number of nitrogens with zero attached hydrogens (tertiary/aromatic N) is 1. The Bertz CT molecular complexity index is 525. The highest BCUT2D eigenvalue weighted by molar-refractivity contribution is 6.63. The number of Topliss-reactive ketones (excluding diaryl/α,β-unsaturated/α-hetero) is 1. The number of benzene rings is 1. The minimum absolute atomic E-state index is 0.0847. The van der Waals surface area contributed by atoms with Crippen molar-refractivity contribution in [3.8, 4) is 0 Å². The van der Waals surface area contributed by atoms with Gasteiger partial charge < -0.3 is 4.74 Å². The molecule has 7 heteroatoms. The van der Waals surface area contributed by atoms with Crippen molar-refractivity contribution in [2.75, 3.05) is 11.9 Å². The van der Waals surface area contributed by atoms with Crippen molar-refractivity contribution in [3.63, 3.8) is 0 Å². The molecule has 0 fully saturated rings. The Morgan fingerprint density at radius 1 is 1.20 bits per heavy atom. The van der Waals surface area contributed by atoms with E-state index in [0.717, 1.165) is 6.92 Å². The number of ketones is 1. The van der Waals surface area contributed by atoms with Crippen molar-refractivity contribution in [1.82, 2.24) is 0 Å². The smallest absolute Gasteiger partial charge is 0.437 e. The zero-order valence-corrected chi connectivity index (χ0v) is 11.1. The van der Waals surface area contributed by atoms with Crippen molar-refractivity contribution in [3.05, 3.63) is 30.3 Å². The highest BCUT2D eigenvalue weighted by Gasteiger charge is 2.19. The van der Waals surface area contributed by atoms with Crippen LogP contribution in [0.15, 0.2) is 35.5 Å². The van der Waals surface area contributed by atoms with E-state index in [-0.39, 0.29) is 6.61 Å². The summed E-state index contributed by atoms with van der Waals surface area (Å²) in [5.74, 6) is -1.59. The van der Waals surface area contributed by atoms with Crippen molar-refractivity contribution in [1.29, 1.82) is 0 Å². The minimum Gasteiger partial charge on any atom is -0.461 e. The molecule has 20 heavy (non-hydrogen) atoms. The molecule has 7 nitrogen and oxygen atoms in total. The Labute approximate surface area is 115 Å². The number of rotatable bonds is 5. The molecule has 0 aliphatic heterocycles. The molecule has 0 saturated heterocycles. The topological polar surface area (TPSA) is 94.1 Å². The van der Waals surface area contributed by atoms with E-state index in [1.165, 1.54) is 0 Å². The van der Waals surface area contributed by atoms with Gasteiger partial charge in [0.1, 0.15) is 0 Å². The maximum Gasteiger partial charge on any atom is 0.437 e. The van der Waals surface area contributed by atoms with Gasteiger partial charge in [-0.3, -0.25) is 14.9 Å². The predicted molar refractivity (Wildman–Crippen MR) is 71.3 cm³/mol. The molecule has 0 spiro atoms. The highest BCUT2D eigenvalue weighted by atomic mass is 16.7. The third-order valence-corrected chi connectivity index (χ3v) is 2.04. The van der Waals surface area contributed by atoms with Gasteiger partial charge in [0.2, 0.25) is 5.71 Å². The van der Waals surface area contributed by atoms with Crippen molar-refractivity contribution < 1.29 is 24.0 Å². The normalized spacial score (nSPS) is 10.6. The van der Waals surface area contributed by atoms with Gasteiger partial charge in [0, 0.05) is 12.6 Å². The number of anilines is 1. The number of esters is 1. The van der Waals surface area contributed by atoms with Crippen LogP contribution in [0, 0.1) is 0 Å². The van der Waals surface area contributed by atoms with E-state index in [4.69, 9.17) is 0 Å². The van der Waals surface area contributed by atoms with Crippen LogP contribution < -0.4 is 5.32 Å². The largest absolute Gasteiger partial charge is 0.461 e. The van der Waals surface area contributed by atoms with Crippen molar-refractivity contribution in [2.45, 2.75) is 13.8 Å². The SMILES string of the molecule is CCOC(=O)C(=NOC(=O)Nc1ccccc1)C(C)=O. The Morgan fingerprint density at radius 2 is 1.85 bits per heavy atom. The summed E-state index contributed by atoms with van der Waals surface area (Å²) in [5.41, 5.74) is -0.0803. The number of hydrogen-bond donors (Lipinski definition) is 1. The molecule has 0 aromatic heterocycles. The van der Waals surface area contributed by atoms with Crippen molar-refractivity contribution >= 4 is 29.2 Å². The maximum atomic E-state index is 11.4. The first-order valence-corrected chi connectivity index (χ1v) is 5.83. The summed E-state index contributed by atoms with van der Waals surface area (Å²) in [7, 11) is 0. The zero-order chi connectivity index (χ0) is 15.0. The van der Waals surface area contributed by atoms with Gasteiger partial charge in [-0.2, -0.15) is 0 Å². The van der Waals surface area contributed by atoms with E-state index >= 15 is 0 Å². The maximum absolute atomic E-state index is 11.4. The number of hydrogen-bond acceptors (Lipinski definition) is 6. The Morgan fingerprint density at radius 3 is 2.40 bits per heavy atom. The van der Waals surface area contributed by atoms with Crippen LogP contribution in [0.1, 0.15) is 13.8 Å². The second-order valence-electron chi connectivity index (χ2n) is 3.59. The molecule has 1 amide bonds. The summed E-state index contributed by atoms with van der Waals surface area (Å²) < 4.78 is 4.61. The van der Waals surface area contributed by atoms with Crippen LogP contribution in [0.5, 0.6) is 0 Å². The third kappa shape index (κ3) is 4.89. The summed E-state index contributed by atoms with van der Waals surface area (Å²) in [5, 5.41) is 5.59. The number of carbonyl (C=O) groups is 3. The van der Waals surface area contributed by atoms with E-state index in [9.17, 15) is 14.4 Å². The fourth-order valence-electron chi connectivity index (χ4n) is 1.19. The monoisotopic (exact) mass is 278 g/mol.